The van der Waals surface area contributed by atoms with Gasteiger partial charge in [0, 0.05) is 12.1 Å². The first-order chi connectivity index (χ1) is 7.83. The second-order valence-corrected chi connectivity index (χ2v) is 4.52. The molecule has 0 aliphatic carbocycles. The molecular weight excluding hydrogens is 200 g/mol. The molecule has 3 nitrogen and oxygen atoms in total. The number of piperidine rings is 1. The van der Waals surface area contributed by atoms with E-state index in [0.29, 0.717) is 6.04 Å². The molecule has 1 fully saturated rings. The molecule has 1 aromatic carbocycles. The van der Waals surface area contributed by atoms with Crippen LogP contribution in [0.25, 0.3) is 0 Å². The maximum Gasteiger partial charge on any atom is 0.216 e. The van der Waals surface area contributed by atoms with Gasteiger partial charge in [-0.05, 0) is 32.0 Å². The van der Waals surface area contributed by atoms with E-state index in [2.05, 4.69) is 41.5 Å². The van der Waals surface area contributed by atoms with Crippen molar-refractivity contribution in [1.29, 1.82) is 0 Å². The molecule has 1 aromatic rings. The van der Waals surface area contributed by atoms with Crippen LogP contribution in [0.3, 0.4) is 0 Å². The van der Waals surface area contributed by atoms with Crippen LogP contribution in [0.1, 0.15) is 17.5 Å². The third kappa shape index (κ3) is 1.71. The lowest BCUT2D eigenvalue weighted by Crippen LogP contribution is -2.41. The molecule has 0 aromatic heterocycles. The van der Waals surface area contributed by atoms with Gasteiger partial charge in [0.15, 0.2) is 0 Å². The van der Waals surface area contributed by atoms with E-state index in [1.54, 1.807) is 0 Å². The van der Waals surface area contributed by atoms with Crippen LogP contribution >= 0.6 is 0 Å². The monoisotopic (exact) mass is 216 g/mol. The van der Waals surface area contributed by atoms with E-state index in [9.17, 15) is 0 Å². The second-order valence-electron chi connectivity index (χ2n) is 4.52. The molecule has 2 heterocycles. The lowest BCUT2D eigenvalue weighted by molar-refractivity contribution is 0.161. The lowest BCUT2D eigenvalue weighted by atomic mass is 10.1. The first-order valence-electron chi connectivity index (χ1n) is 5.85. The lowest BCUT2D eigenvalue weighted by Gasteiger charge is -2.23. The van der Waals surface area contributed by atoms with Gasteiger partial charge < -0.3 is 10.1 Å². The molecule has 0 saturated carbocycles. The summed E-state index contributed by atoms with van der Waals surface area (Å²) in [5.41, 5.74) is 2.36. The van der Waals surface area contributed by atoms with E-state index in [-0.39, 0.29) is 6.10 Å². The topological polar surface area (TPSA) is 33.6 Å². The Morgan fingerprint density at radius 2 is 2.12 bits per heavy atom. The standard InChI is InChI=1S/C13H16N2O/c1-9-2-4-10(5-3-9)13-15-11-8-14-7-6-12(11)16-13/h2-5,11-12,14H,6-8H2,1H3. The number of fused-ring (bicyclic) bond motifs is 1. The maximum absolute atomic E-state index is 5.90. The van der Waals surface area contributed by atoms with Gasteiger partial charge in [0.1, 0.15) is 12.1 Å². The first-order valence-corrected chi connectivity index (χ1v) is 5.85. The Labute approximate surface area is 95.5 Å². The van der Waals surface area contributed by atoms with Crippen molar-refractivity contribution in [2.45, 2.75) is 25.5 Å². The van der Waals surface area contributed by atoms with Crippen LogP contribution in [0, 0.1) is 6.92 Å². The molecule has 0 radical (unpaired) electrons. The highest BCUT2D eigenvalue weighted by Crippen LogP contribution is 2.22. The summed E-state index contributed by atoms with van der Waals surface area (Å²) in [6, 6.07) is 8.67. The van der Waals surface area contributed by atoms with Crippen LogP contribution in [0.2, 0.25) is 0 Å². The fourth-order valence-electron chi connectivity index (χ4n) is 2.25. The van der Waals surface area contributed by atoms with E-state index in [1.807, 2.05) is 0 Å². The highest BCUT2D eigenvalue weighted by Gasteiger charge is 2.33. The molecule has 84 valence electrons. The Hall–Kier alpha value is -1.35. The van der Waals surface area contributed by atoms with Gasteiger partial charge in [-0.15, -0.1) is 0 Å². The van der Waals surface area contributed by atoms with Crippen molar-refractivity contribution in [2.75, 3.05) is 13.1 Å². The van der Waals surface area contributed by atoms with Crippen LogP contribution in [0.4, 0.5) is 0 Å². The van der Waals surface area contributed by atoms with E-state index in [1.165, 1.54) is 5.56 Å². The minimum absolute atomic E-state index is 0.289. The normalized spacial score (nSPS) is 28.2. The van der Waals surface area contributed by atoms with Crippen molar-refractivity contribution < 1.29 is 4.74 Å². The quantitative estimate of drug-likeness (QED) is 0.772. The van der Waals surface area contributed by atoms with Crippen LogP contribution in [-0.2, 0) is 4.74 Å². The number of ether oxygens (including phenoxy) is 1. The Balaban J connectivity index is 1.83. The summed E-state index contributed by atoms with van der Waals surface area (Å²) >= 11 is 0. The van der Waals surface area contributed by atoms with Gasteiger partial charge >= 0.3 is 0 Å². The molecule has 0 spiro atoms. The van der Waals surface area contributed by atoms with Gasteiger partial charge in [0.25, 0.3) is 0 Å². The van der Waals surface area contributed by atoms with Gasteiger partial charge in [0.05, 0.1) is 0 Å². The third-order valence-electron chi connectivity index (χ3n) is 3.23. The Morgan fingerprint density at radius 3 is 2.88 bits per heavy atom. The molecular formula is C13H16N2O. The molecule has 1 N–H and O–H groups in total. The Morgan fingerprint density at radius 1 is 1.31 bits per heavy atom. The molecule has 2 aliphatic heterocycles. The van der Waals surface area contributed by atoms with E-state index < -0.39 is 0 Å². The Bertz CT molecular complexity index is 410. The van der Waals surface area contributed by atoms with Gasteiger partial charge in [-0.3, -0.25) is 0 Å². The van der Waals surface area contributed by atoms with Crippen molar-refractivity contribution in [3.63, 3.8) is 0 Å². The number of rotatable bonds is 1. The molecule has 0 bridgehead atoms. The summed E-state index contributed by atoms with van der Waals surface area (Å²) in [5.74, 6) is 0.818. The number of nitrogens with zero attached hydrogens (tertiary/aromatic N) is 1. The van der Waals surface area contributed by atoms with Crippen molar-refractivity contribution in [1.82, 2.24) is 5.32 Å². The smallest absolute Gasteiger partial charge is 0.216 e. The zero-order valence-electron chi connectivity index (χ0n) is 9.44. The fourth-order valence-corrected chi connectivity index (χ4v) is 2.25. The van der Waals surface area contributed by atoms with Crippen molar-refractivity contribution >= 4 is 5.90 Å². The molecule has 2 aliphatic rings. The third-order valence-corrected chi connectivity index (χ3v) is 3.23. The Kier molecular flexibility index (Phi) is 2.40. The van der Waals surface area contributed by atoms with E-state index >= 15 is 0 Å². The zero-order valence-corrected chi connectivity index (χ0v) is 9.44. The average Bonchev–Trinajstić information content (AvgIpc) is 2.73. The number of hydrogen-bond acceptors (Lipinski definition) is 3. The summed E-state index contributed by atoms with van der Waals surface area (Å²) in [5, 5.41) is 3.35. The first kappa shape index (κ1) is 9.85. The predicted octanol–water partition coefficient (Wildman–Crippen LogP) is 1.50. The van der Waals surface area contributed by atoms with Crippen molar-refractivity contribution in [3.8, 4) is 0 Å². The average molecular weight is 216 g/mol. The molecule has 0 amide bonds. The van der Waals surface area contributed by atoms with Crippen LogP contribution in [0.5, 0.6) is 0 Å². The predicted molar refractivity (Wildman–Crippen MR) is 63.9 cm³/mol. The summed E-state index contributed by atoms with van der Waals surface area (Å²) in [7, 11) is 0. The number of nitrogens with one attached hydrogen (secondary N) is 1. The van der Waals surface area contributed by atoms with Crippen molar-refractivity contribution in [3.05, 3.63) is 35.4 Å². The summed E-state index contributed by atoms with van der Waals surface area (Å²) < 4.78 is 5.90. The molecule has 2 atom stereocenters. The highest BCUT2D eigenvalue weighted by atomic mass is 16.5. The van der Waals surface area contributed by atoms with E-state index in [4.69, 9.17) is 4.74 Å². The van der Waals surface area contributed by atoms with Gasteiger partial charge in [-0.1, -0.05) is 17.7 Å². The molecule has 1 saturated heterocycles. The minimum Gasteiger partial charge on any atom is -0.472 e. The van der Waals surface area contributed by atoms with Crippen LogP contribution in [0.15, 0.2) is 29.3 Å². The second kappa shape index (κ2) is 3.91. The minimum atomic E-state index is 0.289. The SMILES string of the molecule is Cc1ccc(C2=NC3CNCCC3O2)cc1. The number of aliphatic imine (C=N–C) groups is 1. The number of aryl methyl sites for hydroxylation is 1. The molecule has 3 heteroatoms. The molecule has 2 unspecified atom stereocenters. The maximum atomic E-state index is 5.90. The van der Waals surface area contributed by atoms with Crippen LogP contribution in [-0.4, -0.2) is 31.1 Å². The van der Waals surface area contributed by atoms with Crippen LogP contribution < -0.4 is 5.32 Å². The summed E-state index contributed by atoms with van der Waals surface area (Å²) in [6.45, 7) is 4.07. The van der Waals surface area contributed by atoms with Gasteiger partial charge in [0.2, 0.25) is 5.90 Å². The number of benzene rings is 1. The summed E-state index contributed by atoms with van der Waals surface area (Å²) in [6.07, 6.45) is 1.35. The highest BCUT2D eigenvalue weighted by molar-refractivity contribution is 5.95. The fraction of sp³-hybridized carbons (Fsp3) is 0.462. The van der Waals surface area contributed by atoms with Gasteiger partial charge in [-0.2, -0.15) is 0 Å². The van der Waals surface area contributed by atoms with E-state index in [0.717, 1.165) is 31.0 Å². The molecule has 16 heavy (non-hydrogen) atoms. The van der Waals surface area contributed by atoms with Crippen molar-refractivity contribution in [2.24, 2.45) is 4.99 Å². The largest absolute Gasteiger partial charge is 0.472 e. The summed E-state index contributed by atoms with van der Waals surface area (Å²) in [4.78, 5) is 4.64. The molecule has 3 rings (SSSR count). The zero-order chi connectivity index (χ0) is 11.0. The number of hydrogen-bond donors (Lipinski definition) is 1. The van der Waals surface area contributed by atoms with Gasteiger partial charge in [-0.25, -0.2) is 4.99 Å².